The molecule has 1 amide bonds. The second-order valence-electron chi connectivity index (χ2n) is 18.6. The minimum absolute atomic E-state index is 0.242. The van der Waals surface area contributed by atoms with Crippen molar-refractivity contribution >= 4 is 5.91 Å². The molecule has 0 aliphatic carbocycles. The topological polar surface area (TPSA) is 189 Å². The molecule has 8 N–H and O–H groups in total. The monoisotopic (exact) mass is 910 g/mol. The number of carbonyl (C=O) groups excluding carboxylic acids is 1. The van der Waals surface area contributed by atoms with Crippen LogP contribution in [0.3, 0.4) is 0 Å². The van der Waals surface area contributed by atoms with Crippen molar-refractivity contribution in [1.82, 2.24) is 5.32 Å². The van der Waals surface area contributed by atoms with Gasteiger partial charge in [-0.15, -0.1) is 0 Å². The first-order valence-corrected chi connectivity index (χ1v) is 26.4. The van der Waals surface area contributed by atoms with Crippen molar-refractivity contribution in [3.05, 3.63) is 36.5 Å². The highest BCUT2D eigenvalue weighted by molar-refractivity contribution is 5.80. The van der Waals surface area contributed by atoms with Crippen LogP contribution in [0.4, 0.5) is 0 Å². The maximum atomic E-state index is 13.1. The Bertz CT molecular complexity index is 1130. The highest BCUT2D eigenvalue weighted by atomic mass is 16.7. The summed E-state index contributed by atoms with van der Waals surface area (Å²) in [4.78, 5) is 13.1. The number of aliphatic hydroxyl groups excluding tert-OH is 7. The molecule has 0 spiro atoms. The van der Waals surface area contributed by atoms with Gasteiger partial charge in [0.25, 0.3) is 0 Å². The smallest absolute Gasteiger partial charge is 0.249 e. The number of aliphatic hydroxyl groups is 7. The van der Waals surface area contributed by atoms with Gasteiger partial charge in [-0.2, -0.15) is 0 Å². The van der Waals surface area contributed by atoms with E-state index in [1.165, 1.54) is 135 Å². The summed E-state index contributed by atoms with van der Waals surface area (Å²) in [5.41, 5.74) is 0. The minimum Gasteiger partial charge on any atom is -0.394 e. The molecule has 1 heterocycles. The van der Waals surface area contributed by atoms with Crippen LogP contribution >= 0.6 is 0 Å². The number of carbonyl (C=O) groups is 1. The maximum absolute atomic E-state index is 13.1. The Morgan fingerprint density at radius 1 is 0.531 bits per heavy atom. The van der Waals surface area contributed by atoms with Gasteiger partial charge >= 0.3 is 0 Å². The largest absolute Gasteiger partial charge is 0.394 e. The van der Waals surface area contributed by atoms with E-state index in [4.69, 9.17) is 9.47 Å². The summed E-state index contributed by atoms with van der Waals surface area (Å²) < 4.78 is 11.1. The van der Waals surface area contributed by atoms with Crippen molar-refractivity contribution in [2.75, 3.05) is 13.2 Å². The van der Waals surface area contributed by atoms with Crippen molar-refractivity contribution in [3.8, 4) is 0 Å². The van der Waals surface area contributed by atoms with Gasteiger partial charge in [-0.1, -0.05) is 198 Å². The minimum atomic E-state index is -1.67. The Morgan fingerprint density at radius 2 is 0.938 bits per heavy atom. The van der Waals surface area contributed by atoms with Gasteiger partial charge in [0.05, 0.1) is 25.4 Å². The zero-order valence-corrected chi connectivity index (χ0v) is 40.8. The lowest BCUT2D eigenvalue weighted by atomic mass is 9.98. The van der Waals surface area contributed by atoms with E-state index in [1.807, 2.05) is 0 Å². The van der Waals surface area contributed by atoms with Crippen LogP contribution < -0.4 is 5.32 Å². The number of nitrogens with one attached hydrogen (secondary N) is 1. The molecule has 9 unspecified atom stereocenters. The summed E-state index contributed by atoms with van der Waals surface area (Å²) in [6.07, 6.45) is 39.1. The molecule has 0 aromatic carbocycles. The number of ether oxygens (including phenoxy) is 2. The van der Waals surface area contributed by atoms with Crippen molar-refractivity contribution < 1.29 is 50.0 Å². The lowest BCUT2D eigenvalue weighted by Crippen LogP contribution is -2.60. The molecule has 1 rings (SSSR count). The van der Waals surface area contributed by atoms with Crippen molar-refractivity contribution in [3.63, 3.8) is 0 Å². The van der Waals surface area contributed by atoms with Crippen LogP contribution in [-0.4, -0.2) is 110 Å². The highest BCUT2D eigenvalue weighted by Gasteiger charge is 2.44. The van der Waals surface area contributed by atoms with Crippen molar-refractivity contribution in [2.45, 2.75) is 281 Å². The summed E-state index contributed by atoms with van der Waals surface area (Å²) in [6, 6.07) is -1.19. The van der Waals surface area contributed by atoms with Gasteiger partial charge < -0.3 is 50.5 Å². The Kier molecular flexibility index (Phi) is 40.2. The van der Waals surface area contributed by atoms with E-state index in [2.05, 4.69) is 55.6 Å². The predicted octanol–water partition coefficient (Wildman–Crippen LogP) is 9.95. The Hall–Kier alpha value is -1.67. The average Bonchev–Trinajstić information content (AvgIpc) is 3.29. The van der Waals surface area contributed by atoms with E-state index in [-0.39, 0.29) is 12.8 Å². The SMILES string of the molecule is CCCCCCCCCCC/C=C/CC/C=C/CC/C=C/CCCC(O)C(O)C(COC1OC(CO)C(O)C(O)C1O)NC(=O)C(O)CCCCCCCCCCCCCCCCC. The third-order valence-corrected chi connectivity index (χ3v) is 12.7. The molecule has 0 bridgehead atoms. The summed E-state index contributed by atoms with van der Waals surface area (Å²) >= 11 is 0. The van der Waals surface area contributed by atoms with Crippen LogP contribution in [0.15, 0.2) is 36.5 Å². The lowest BCUT2D eigenvalue weighted by Gasteiger charge is -2.40. The molecular weight excluding hydrogens is 811 g/mol. The summed E-state index contributed by atoms with van der Waals surface area (Å²) in [5.74, 6) is -0.711. The first-order valence-electron chi connectivity index (χ1n) is 26.4. The van der Waals surface area contributed by atoms with E-state index in [0.29, 0.717) is 19.3 Å². The number of amides is 1. The molecule has 11 nitrogen and oxygen atoms in total. The van der Waals surface area contributed by atoms with Crippen molar-refractivity contribution in [2.24, 2.45) is 0 Å². The Labute approximate surface area is 390 Å². The van der Waals surface area contributed by atoms with Gasteiger partial charge in [-0.05, 0) is 64.2 Å². The third-order valence-electron chi connectivity index (χ3n) is 12.7. The molecule has 1 fully saturated rings. The second kappa shape index (κ2) is 42.7. The van der Waals surface area contributed by atoms with E-state index < -0.39 is 74.2 Å². The van der Waals surface area contributed by atoms with Gasteiger partial charge in [-0.3, -0.25) is 4.79 Å². The average molecular weight is 910 g/mol. The fourth-order valence-corrected chi connectivity index (χ4v) is 8.30. The van der Waals surface area contributed by atoms with Crippen LogP contribution in [-0.2, 0) is 14.3 Å². The Balaban J connectivity index is 2.42. The normalized spacial score (nSPS) is 21.3. The molecule has 0 aromatic rings. The van der Waals surface area contributed by atoms with Crippen LogP contribution in [0.25, 0.3) is 0 Å². The van der Waals surface area contributed by atoms with Crippen molar-refractivity contribution in [1.29, 1.82) is 0 Å². The van der Waals surface area contributed by atoms with E-state index in [9.17, 15) is 40.5 Å². The van der Waals surface area contributed by atoms with Crippen LogP contribution in [0.2, 0.25) is 0 Å². The van der Waals surface area contributed by atoms with E-state index in [1.54, 1.807) is 0 Å². The second-order valence-corrected chi connectivity index (χ2v) is 18.6. The van der Waals surface area contributed by atoms with Gasteiger partial charge in [0, 0.05) is 0 Å². The number of unbranched alkanes of at least 4 members (excludes halogenated alkanes) is 26. The molecule has 0 saturated carbocycles. The molecule has 9 atom stereocenters. The predicted molar refractivity (Wildman–Crippen MR) is 261 cm³/mol. The zero-order chi connectivity index (χ0) is 46.9. The van der Waals surface area contributed by atoms with Gasteiger partial charge in [0.15, 0.2) is 6.29 Å². The third kappa shape index (κ3) is 31.3. The van der Waals surface area contributed by atoms with Crippen LogP contribution in [0, 0.1) is 0 Å². The van der Waals surface area contributed by atoms with Gasteiger partial charge in [0.2, 0.25) is 5.91 Å². The van der Waals surface area contributed by atoms with Gasteiger partial charge in [-0.25, -0.2) is 0 Å². The molecule has 0 aromatic heterocycles. The number of hydrogen-bond acceptors (Lipinski definition) is 10. The maximum Gasteiger partial charge on any atom is 0.249 e. The number of allylic oxidation sites excluding steroid dienone is 6. The van der Waals surface area contributed by atoms with Crippen LogP contribution in [0.1, 0.15) is 226 Å². The first-order chi connectivity index (χ1) is 31.2. The zero-order valence-electron chi connectivity index (χ0n) is 40.8. The molecule has 64 heavy (non-hydrogen) atoms. The fourth-order valence-electron chi connectivity index (χ4n) is 8.30. The molecule has 1 aliphatic heterocycles. The van der Waals surface area contributed by atoms with Crippen LogP contribution in [0.5, 0.6) is 0 Å². The molecular formula is C53H99NO10. The molecule has 11 heteroatoms. The Morgan fingerprint density at radius 3 is 1.39 bits per heavy atom. The summed E-state index contributed by atoms with van der Waals surface area (Å²) in [5, 5.41) is 75.9. The quantitative estimate of drug-likeness (QED) is 0.0216. The molecule has 0 radical (unpaired) electrons. The number of rotatable bonds is 44. The van der Waals surface area contributed by atoms with Gasteiger partial charge in [0.1, 0.15) is 36.6 Å². The van der Waals surface area contributed by atoms with E-state index >= 15 is 0 Å². The number of hydrogen-bond donors (Lipinski definition) is 8. The standard InChI is InChI=1S/C53H99NO10/c1-3-5-7-9-11-13-15-17-19-20-21-22-23-24-25-27-28-30-32-34-36-38-40-45(56)48(58)44(43-63-53-51(61)50(60)49(59)47(42-55)64-53)54-52(62)46(57)41-39-37-35-33-31-29-26-18-16-14-12-10-8-6-4-2/h21-22,25,27,32,34,44-51,53,55-61H,3-20,23-24,26,28-31,33,35-43H2,1-2H3,(H,54,62)/b22-21+,27-25+,34-32+. The molecule has 1 saturated heterocycles. The molecule has 1 aliphatic rings. The highest BCUT2D eigenvalue weighted by Crippen LogP contribution is 2.23. The van der Waals surface area contributed by atoms with E-state index in [0.717, 1.165) is 44.9 Å². The first kappa shape index (κ1) is 60.3. The summed E-state index contributed by atoms with van der Waals surface area (Å²) in [6.45, 7) is 3.43. The molecule has 376 valence electrons. The summed E-state index contributed by atoms with van der Waals surface area (Å²) in [7, 11) is 0. The lowest BCUT2D eigenvalue weighted by molar-refractivity contribution is -0.303. The fraction of sp³-hybridized carbons (Fsp3) is 0.868.